The number of nitrogens with one attached hydrogen (secondary N) is 1. The average Bonchev–Trinajstić information content (AvgIpc) is 2.15. The lowest BCUT2D eigenvalue weighted by Gasteiger charge is -2.20. The monoisotopic (exact) mass is 181 g/mol. The Morgan fingerprint density at radius 3 is 2.77 bits per heavy atom. The molecule has 0 aliphatic heterocycles. The van der Waals surface area contributed by atoms with Crippen LogP contribution in [0.2, 0.25) is 0 Å². The van der Waals surface area contributed by atoms with Gasteiger partial charge in [-0.1, -0.05) is 18.2 Å². The smallest absolute Gasteiger partial charge is 0.0728 e. The predicted octanol–water partition coefficient (Wildman–Crippen LogP) is 0.172. The molecule has 13 heavy (non-hydrogen) atoms. The third kappa shape index (κ3) is 2.69. The summed E-state index contributed by atoms with van der Waals surface area (Å²) >= 11 is 0. The molecule has 0 unspecified atom stereocenters. The van der Waals surface area contributed by atoms with E-state index >= 15 is 0 Å². The van der Waals surface area contributed by atoms with Crippen molar-refractivity contribution in [1.82, 2.24) is 5.43 Å². The summed E-state index contributed by atoms with van der Waals surface area (Å²) < 4.78 is 0. The van der Waals surface area contributed by atoms with E-state index in [1.165, 1.54) is 5.12 Å². The van der Waals surface area contributed by atoms with Crippen molar-refractivity contribution in [2.24, 2.45) is 5.84 Å². The van der Waals surface area contributed by atoms with Crippen LogP contribution < -0.4 is 16.4 Å². The van der Waals surface area contributed by atoms with Gasteiger partial charge in [0.2, 0.25) is 0 Å². The van der Waals surface area contributed by atoms with Crippen LogP contribution in [0.3, 0.4) is 0 Å². The molecule has 0 aliphatic carbocycles. The molecule has 0 aromatic heterocycles. The number of hydrazine groups is 2. The summed E-state index contributed by atoms with van der Waals surface area (Å²) in [5.74, 6) is 5.69. The first kappa shape index (κ1) is 9.98. The Kier molecular flexibility index (Phi) is 3.70. The SMILES string of the molecule is Cc1ccccc1N(N)NCCO. The van der Waals surface area contributed by atoms with E-state index < -0.39 is 0 Å². The van der Waals surface area contributed by atoms with Gasteiger partial charge in [-0.05, 0) is 18.6 Å². The van der Waals surface area contributed by atoms with Crippen LogP contribution in [0.15, 0.2) is 24.3 Å². The Morgan fingerprint density at radius 1 is 1.46 bits per heavy atom. The Balaban J connectivity index is 2.65. The Bertz CT molecular complexity index is 265. The third-order valence-corrected chi connectivity index (χ3v) is 1.77. The molecule has 0 heterocycles. The fourth-order valence-corrected chi connectivity index (χ4v) is 1.09. The van der Waals surface area contributed by atoms with E-state index in [9.17, 15) is 0 Å². The first-order valence-electron chi connectivity index (χ1n) is 4.20. The molecule has 1 rings (SSSR count). The van der Waals surface area contributed by atoms with Crippen LogP contribution in [-0.4, -0.2) is 18.3 Å². The number of nitrogens with two attached hydrogens (primary N) is 1. The number of aryl methyl sites for hydroxylation is 1. The maximum atomic E-state index is 8.59. The van der Waals surface area contributed by atoms with Crippen molar-refractivity contribution in [3.8, 4) is 0 Å². The lowest BCUT2D eigenvalue weighted by atomic mass is 10.2. The fourth-order valence-electron chi connectivity index (χ4n) is 1.09. The van der Waals surface area contributed by atoms with Gasteiger partial charge in [-0.15, -0.1) is 0 Å². The number of aliphatic hydroxyl groups excluding tert-OH is 1. The maximum absolute atomic E-state index is 8.59. The van der Waals surface area contributed by atoms with Gasteiger partial charge in [-0.2, -0.15) is 0 Å². The largest absolute Gasteiger partial charge is 0.395 e. The third-order valence-electron chi connectivity index (χ3n) is 1.77. The van der Waals surface area contributed by atoms with Crippen LogP contribution in [-0.2, 0) is 0 Å². The molecule has 1 aromatic rings. The number of benzene rings is 1. The summed E-state index contributed by atoms with van der Waals surface area (Å²) in [4.78, 5) is 0. The summed E-state index contributed by atoms with van der Waals surface area (Å²) in [5.41, 5.74) is 4.86. The lowest BCUT2D eigenvalue weighted by molar-refractivity contribution is 0.290. The Labute approximate surface area is 77.9 Å². The highest BCUT2D eigenvalue weighted by Crippen LogP contribution is 2.14. The molecule has 0 aliphatic rings. The fraction of sp³-hybridized carbons (Fsp3) is 0.333. The van der Waals surface area contributed by atoms with E-state index in [1.807, 2.05) is 31.2 Å². The van der Waals surface area contributed by atoms with Crippen molar-refractivity contribution in [1.29, 1.82) is 0 Å². The van der Waals surface area contributed by atoms with Gasteiger partial charge in [0.05, 0.1) is 12.3 Å². The number of rotatable bonds is 4. The molecule has 0 saturated heterocycles. The second-order valence-electron chi connectivity index (χ2n) is 2.79. The van der Waals surface area contributed by atoms with Crippen molar-refractivity contribution < 1.29 is 5.11 Å². The summed E-state index contributed by atoms with van der Waals surface area (Å²) in [5, 5.41) is 10.0. The molecule has 4 nitrogen and oxygen atoms in total. The van der Waals surface area contributed by atoms with Crippen LogP contribution in [0.25, 0.3) is 0 Å². The van der Waals surface area contributed by atoms with E-state index in [0.29, 0.717) is 6.54 Å². The topological polar surface area (TPSA) is 61.5 Å². The molecule has 0 amide bonds. The number of para-hydroxylation sites is 1. The first-order chi connectivity index (χ1) is 6.25. The molecular weight excluding hydrogens is 166 g/mol. The highest BCUT2D eigenvalue weighted by atomic mass is 16.3. The number of hydrogen-bond donors (Lipinski definition) is 3. The van der Waals surface area contributed by atoms with E-state index in [0.717, 1.165) is 11.3 Å². The lowest BCUT2D eigenvalue weighted by Crippen LogP contribution is -2.45. The molecule has 0 fully saturated rings. The van der Waals surface area contributed by atoms with Crippen LogP contribution in [0.4, 0.5) is 5.69 Å². The minimum Gasteiger partial charge on any atom is -0.395 e. The molecule has 0 saturated carbocycles. The quantitative estimate of drug-likeness (QED) is 0.458. The molecule has 4 heteroatoms. The molecule has 0 spiro atoms. The van der Waals surface area contributed by atoms with Crippen LogP contribution in [0.5, 0.6) is 0 Å². The minimum absolute atomic E-state index is 0.0690. The standard InChI is InChI=1S/C9H15N3O/c1-8-4-2-3-5-9(8)12(10)11-6-7-13/h2-5,11,13H,6-7,10H2,1H3. The zero-order chi connectivity index (χ0) is 9.68. The summed E-state index contributed by atoms with van der Waals surface area (Å²) in [7, 11) is 0. The van der Waals surface area contributed by atoms with E-state index in [-0.39, 0.29) is 6.61 Å². The zero-order valence-electron chi connectivity index (χ0n) is 7.70. The average molecular weight is 181 g/mol. The van der Waals surface area contributed by atoms with E-state index in [4.69, 9.17) is 10.9 Å². The van der Waals surface area contributed by atoms with Gasteiger partial charge in [0.1, 0.15) is 0 Å². The highest BCUT2D eigenvalue weighted by molar-refractivity contribution is 5.50. The van der Waals surface area contributed by atoms with Gasteiger partial charge in [0.25, 0.3) is 0 Å². The van der Waals surface area contributed by atoms with Crippen molar-refractivity contribution in [2.75, 3.05) is 18.3 Å². The van der Waals surface area contributed by atoms with E-state index in [2.05, 4.69) is 5.43 Å². The van der Waals surface area contributed by atoms with Gasteiger partial charge in [-0.3, -0.25) is 0 Å². The van der Waals surface area contributed by atoms with Crippen molar-refractivity contribution in [2.45, 2.75) is 6.92 Å². The Hall–Kier alpha value is -1.10. The van der Waals surface area contributed by atoms with Crippen molar-refractivity contribution >= 4 is 5.69 Å². The highest BCUT2D eigenvalue weighted by Gasteiger charge is 2.01. The number of nitrogens with zero attached hydrogens (tertiary/aromatic N) is 1. The summed E-state index contributed by atoms with van der Waals surface area (Å²) in [6.45, 7) is 2.50. The minimum atomic E-state index is 0.0690. The number of aliphatic hydroxyl groups is 1. The molecule has 0 atom stereocenters. The predicted molar refractivity (Wildman–Crippen MR) is 52.9 cm³/mol. The maximum Gasteiger partial charge on any atom is 0.0728 e. The molecular formula is C9H15N3O. The van der Waals surface area contributed by atoms with Gasteiger partial charge in [-0.25, -0.2) is 16.4 Å². The molecule has 0 bridgehead atoms. The Morgan fingerprint density at radius 2 is 2.15 bits per heavy atom. The van der Waals surface area contributed by atoms with Gasteiger partial charge in [0.15, 0.2) is 0 Å². The van der Waals surface area contributed by atoms with Crippen LogP contribution in [0, 0.1) is 6.92 Å². The second-order valence-corrected chi connectivity index (χ2v) is 2.79. The summed E-state index contributed by atoms with van der Waals surface area (Å²) in [6.07, 6.45) is 0. The van der Waals surface area contributed by atoms with Crippen LogP contribution in [0.1, 0.15) is 5.56 Å². The van der Waals surface area contributed by atoms with E-state index in [1.54, 1.807) is 0 Å². The van der Waals surface area contributed by atoms with Crippen molar-refractivity contribution in [3.05, 3.63) is 29.8 Å². The summed E-state index contributed by atoms with van der Waals surface area (Å²) in [6, 6.07) is 7.77. The zero-order valence-corrected chi connectivity index (χ0v) is 7.70. The number of hydrogen-bond acceptors (Lipinski definition) is 4. The van der Waals surface area contributed by atoms with Gasteiger partial charge in [0, 0.05) is 6.54 Å². The normalized spacial score (nSPS) is 10.1. The number of anilines is 1. The second kappa shape index (κ2) is 4.81. The molecule has 72 valence electrons. The molecule has 0 radical (unpaired) electrons. The van der Waals surface area contributed by atoms with Crippen molar-refractivity contribution in [3.63, 3.8) is 0 Å². The van der Waals surface area contributed by atoms with Gasteiger partial charge < -0.3 is 5.11 Å². The van der Waals surface area contributed by atoms with Crippen LogP contribution >= 0.6 is 0 Å². The first-order valence-corrected chi connectivity index (χ1v) is 4.20. The molecule has 4 N–H and O–H groups in total. The molecule has 1 aromatic carbocycles. The van der Waals surface area contributed by atoms with Gasteiger partial charge >= 0.3 is 0 Å².